The third-order valence-electron chi connectivity index (χ3n) is 4.32. The molecule has 0 aliphatic carbocycles. The van der Waals surface area contributed by atoms with Crippen LogP contribution in [-0.4, -0.2) is 13.4 Å². The first-order valence-corrected chi connectivity index (χ1v) is 8.69. The van der Waals surface area contributed by atoms with Gasteiger partial charge in [-0.05, 0) is 67.4 Å². The Hall–Kier alpha value is -3.27. The van der Waals surface area contributed by atoms with Crippen LogP contribution < -0.4 is 14.2 Å². The number of aryl methyl sites for hydroxylation is 2. The van der Waals surface area contributed by atoms with Gasteiger partial charge in [0.05, 0.1) is 7.11 Å². The van der Waals surface area contributed by atoms with Crippen LogP contribution in [0.4, 0.5) is 0 Å². The van der Waals surface area contributed by atoms with Crippen LogP contribution in [0.2, 0.25) is 0 Å². The van der Waals surface area contributed by atoms with Crippen LogP contribution in [0.15, 0.2) is 60.7 Å². The second kappa shape index (κ2) is 8.41. The van der Waals surface area contributed by atoms with E-state index in [1.54, 1.807) is 19.2 Å². The molecule has 4 nitrogen and oxygen atoms in total. The largest absolute Gasteiger partial charge is 0.497 e. The fourth-order valence-corrected chi connectivity index (χ4v) is 2.84. The summed E-state index contributed by atoms with van der Waals surface area (Å²) in [5.41, 5.74) is 3.49. The first kappa shape index (κ1) is 18.5. The molecule has 3 aromatic rings. The second-order valence-electron chi connectivity index (χ2n) is 6.27. The zero-order valence-corrected chi connectivity index (χ0v) is 15.7. The molecule has 0 atom stereocenters. The predicted molar refractivity (Wildman–Crippen MR) is 105 cm³/mol. The first-order valence-electron chi connectivity index (χ1n) is 8.69. The van der Waals surface area contributed by atoms with Crippen LogP contribution in [0.25, 0.3) is 0 Å². The highest BCUT2D eigenvalue weighted by Crippen LogP contribution is 2.28. The molecule has 0 aliphatic rings. The van der Waals surface area contributed by atoms with Crippen molar-refractivity contribution in [1.82, 2.24) is 0 Å². The summed E-state index contributed by atoms with van der Waals surface area (Å²) in [5, 5.41) is 0. The number of rotatable bonds is 7. The summed E-state index contributed by atoms with van der Waals surface area (Å²) in [6.07, 6.45) is 0.834. The Labute approximate surface area is 159 Å². The Kier molecular flexibility index (Phi) is 5.77. The number of benzene rings is 3. The molecule has 0 radical (unpaired) electrons. The first-order chi connectivity index (χ1) is 13.1. The summed E-state index contributed by atoms with van der Waals surface area (Å²) in [6.45, 7) is 4.30. The lowest BCUT2D eigenvalue weighted by atomic mass is 10.1. The van der Waals surface area contributed by atoms with Crippen LogP contribution in [-0.2, 0) is 6.61 Å². The second-order valence-corrected chi connectivity index (χ2v) is 6.27. The fraction of sp³-hybridized carbons (Fsp3) is 0.174. The molecule has 0 unspecified atom stereocenters. The quantitative estimate of drug-likeness (QED) is 0.521. The van der Waals surface area contributed by atoms with Gasteiger partial charge in [-0.3, -0.25) is 4.79 Å². The van der Waals surface area contributed by atoms with E-state index in [4.69, 9.17) is 14.2 Å². The van der Waals surface area contributed by atoms with E-state index in [1.807, 2.05) is 62.4 Å². The number of hydrogen-bond acceptors (Lipinski definition) is 4. The SMILES string of the molecule is COc1ccc(Oc2ccc(C=O)c(COc3c(C)cccc3C)c2)cc1. The number of carbonyl (C=O) groups excluding carboxylic acids is 1. The summed E-state index contributed by atoms with van der Waals surface area (Å²) in [4.78, 5) is 11.4. The van der Waals surface area contributed by atoms with Gasteiger partial charge in [-0.2, -0.15) is 0 Å². The number of hydrogen-bond donors (Lipinski definition) is 0. The summed E-state index contributed by atoms with van der Waals surface area (Å²) >= 11 is 0. The Bertz CT molecular complexity index is 909. The van der Waals surface area contributed by atoms with Crippen molar-refractivity contribution in [2.45, 2.75) is 20.5 Å². The van der Waals surface area contributed by atoms with E-state index in [9.17, 15) is 4.79 Å². The van der Waals surface area contributed by atoms with Gasteiger partial charge >= 0.3 is 0 Å². The Balaban J connectivity index is 1.79. The van der Waals surface area contributed by atoms with Gasteiger partial charge in [-0.25, -0.2) is 0 Å². The molecule has 0 N–H and O–H groups in total. The topological polar surface area (TPSA) is 44.8 Å². The molecule has 0 bridgehead atoms. The number of ether oxygens (including phenoxy) is 3. The third-order valence-corrected chi connectivity index (χ3v) is 4.32. The predicted octanol–water partition coefficient (Wildman–Crippen LogP) is 5.50. The molecule has 3 aromatic carbocycles. The molecule has 0 saturated heterocycles. The fourth-order valence-electron chi connectivity index (χ4n) is 2.84. The van der Waals surface area contributed by atoms with Crippen molar-refractivity contribution < 1.29 is 19.0 Å². The molecule has 138 valence electrons. The number of methoxy groups -OCH3 is 1. The smallest absolute Gasteiger partial charge is 0.150 e. The lowest BCUT2D eigenvalue weighted by Crippen LogP contribution is -2.02. The van der Waals surface area contributed by atoms with Gasteiger partial charge in [-0.15, -0.1) is 0 Å². The summed E-state index contributed by atoms with van der Waals surface area (Å²) in [6, 6.07) is 18.7. The van der Waals surface area contributed by atoms with Crippen LogP contribution in [0.5, 0.6) is 23.0 Å². The molecule has 0 amide bonds. The van der Waals surface area contributed by atoms with Gasteiger partial charge in [0.15, 0.2) is 0 Å². The summed E-state index contributed by atoms with van der Waals surface area (Å²) in [5.74, 6) is 2.94. The van der Waals surface area contributed by atoms with Crippen molar-refractivity contribution in [3.05, 3.63) is 82.9 Å². The maximum atomic E-state index is 11.4. The van der Waals surface area contributed by atoms with Crippen molar-refractivity contribution in [2.24, 2.45) is 0 Å². The van der Waals surface area contributed by atoms with Crippen molar-refractivity contribution in [3.63, 3.8) is 0 Å². The lowest BCUT2D eigenvalue weighted by Gasteiger charge is -2.14. The number of carbonyl (C=O) groups is 1. The van der Waals surface area contributed by atoms with Crippen molar-refractivity contribution in [3.8, 4) is 23.0 Å². The van der Waals surface area contributed by atoms with E-state index >= 15 is 0 Å². The molecule has 0 saturated carbocycles. The summed E-state index contributed by atoms with van der Waals surface area (Å²) in [7, 11) is 1.62. The van der Waals surface area contributed by atoms with Crippen LogP contribution >= 0.6 is 0 Å². The van der Waals surface area contributed by atoms with Gasteiger partial charge in [0, 0.05) is 11.1 Å². The van der Waals surface area contributed by atoms with E-state index in [1.165, 1.54) is 0 Å². The number of aldehydes is 1. The molecule has 0 fully saturated rings. The van der Waals surface area contributed by atoms with Crippen LogP contribution in [0.3, 0.4) is 0 Å². The zero-order chi connectivity index (χ0) is 19.2. The Morgan fingerprint density at radius 2 is 1.48 bits per heavy atom. The van der Waals surface area contributed by atoms with E-state index < -0.39 is 0 Å². The highest BCUT2D eigenvalue weighted by atomic mass is 16.5. The van der Waals surface area contributed by atoms with E-state index in [0.717, 1.165) is 34.5 Å². The van der Waals surface area contributed by atoms with Crippen LogP contribution in [0, 0.1) is 13.8 Å². The van der Waals surface area contributed by atoms with Gasteiger partial charge in [0.25, 0.3) is 0 Å². The van der Waals surface area contributed by atoms with E-state index in [0.29, 0.717) is 23.7 Å². The molecule has 4 heteroatoms. The Morgan fingerprint density at radius 3 is 2.11 bits per heavy atom. The van der Waals surface area contributed by atoms with Crippen molar-refractivity contribution in [1.29, 1.82) is 0 Å². The number of para-hydroxylation sites is 1. The lowest BCUT2D eigenvalue weighted by molar-refractivity contribution is 0.112. The summed E-state index contributed by atoms with van der Waals surface area (Å²) < 4.78 is 17.0. The Morgan fingerprint density at radius 1 is 0.852 bits per heavy atom. The average Bonchev–Trinajstić information content (AvgIpc) is 2.68. The molecule has 3 rings (SSSR count). The van der Waals surface area contributed by atoms with Gasteiger partial charge in [-0.1, -0.05) is 18.2 Å². The maximum Gasteiger partial charge on any atom is 0.150 e. The van der Waals surface area contributed by atoms with Gasteiger partial charge < -0.3 is 14.2 Å². The van der Waals surface area contributed by atoms with Crippen LogP contribution in [0.1, 0.15) is 27.0 Å². The molecular weight excluding hydrogens is 340 g/mol. The molecular formula is C23H22O4. The van der Waals surface area contributed by atoms with E-state index in [2.05, 4.69) is 0 Å². The highest BCUT2D eigenvalue weighted by molar-refractivity contribution is 5.77. The zero-order valence-electron chi connectivity index (χ0n) is 15.7. The highest BCUT2D eigenvalue weighted by Gasteiger charge is 2.09. The molecule has 0 aliphatic heterocycles. The van der Waals surface area contributed by atoms with Gasteiger partial charge in [0.1, 0.15) is 35.9 Å². The van der Waals surface area contributed by atoms with Crippen molar-refractivity contribution in [2.75, 3.05) is 7.11 Å². The minimum absolute atomic E-state index is 0.291. The monoisotopic (exact) mass is 362 g/mol. The standard InChI is InChI=1S/C23H22O4/c1-16-5-4-6-17(2)23(16)26-15-19-13-22(8-7-18(19)14-24)27-21-11-9-20(25-3)10-12-21/h4-14H,15H2,1-3H3. The third kappa shape index (κ3) is 4.47. The maximum absolute atomic E-state index is 11.4. The molecule has 27 heavy (non-hydrogen) atoms. The normalized spacial score (nSPS) is 10.3. The minimum atomic E-state index is 0.291. The molecule has 0 spiro atoms. The van der Waals surface area contributed by atoms with E-state index in [-0.39, 0.29) is 0 Å². The minimum Gasteiger partial charge on any atom is -0.497 e. The average molecular weight is 362 g/mol. The van der Waals surface area contributed by atoms with Crippen molar-refractivity contribution >= 4 is 6.29 Å². The molecule has 0 aromatic heterocycles. The molecule has 0 heterocycles. The van der Waals surface area contributed by atoms with Gasteiger partial charge in [0.2, 0.25) is 0 Å².